The van der Waals surface area contributed by atoms with Crippen LogP contribution in [-0.2, 0) is 11.2 Å². The molecule has 1 amide bonds. The number of aromatic nitrogens is 2. The molecule has 1 aliphatic rings. The molecule has 4 nitrogen and oxygen atoms in total. The van der Waals surface area contributed by atoms with Gasteiger partial charge in [0.05, 0.1) is 11.9 Å². The van der Waals surface area contributed by atoms with Gasteiger partial charge < -0.3 is 10.3 Å². The van der Waals surface area contributed by atoms with E-state index in [-0.39, 0.29) is 5.91 Å². The first kappa shape index (κ1) is 10.5. The Morgan fingerprint density at radius 3 is 2.94 bits per heavy atom. The molecular formula is C12H10BrN3O. The molecule has 0 atom stereocenters. The second-order valence-corrected chi connectivity index (χ2v) is 4.76. The van der Waals surface area contributed by atoms with Crippen LogP contribution in [0.1, 0.15) is 12.0 Å². The van der Waals surface area contributed by atoms with Crippen molar-refractivity contribution in [3.8, 4) is 11.3 Å². The van der Waals surface area contributed by atoms with Gasteiger partial charge in [0.15, 0.2) is 4.73 Å². The van der Waals surface area contributed by atoms with E-state index in [1.54, 1.807) is 6.20 Å². The molecule has 1 aromatic heterocycles. The molecule has 0 radical (unpaired) electrons. The van der Waals surface area contributed by atoms with E-state index in [9.17, 15) is 4.79 Å². The molecule has 0 aliphatic carbocycles. The average molecular weight is 292 g/mol. The van der Waals surface area contributed by atoms with E-state index in [1.807, 2.05) is 12.1 Å². The topological polar surface area (TPSA) is 57.8 Å². The Labute approximate surface area is 107 Å². The lowest BCUT2D eigenvalue weighted by Gasteiger charge is -2.17. The summed E-state index contributed by atoms with van der Waals surface area (Å²) in [6.07, 6.45) is 3.14. The van der Waals surface area contributed by atoms with Crippen LogP contribution in [0, 0.1) is 0 Å². The van der Waals surface area contributed by atoms with Gasteiger partial charge in [0.2, 0.25) is 5.91 Å². The van der Waals surface area contributed by atoms with E-state index in [2.05, 4.69) is 37.3 Å². The Morgan fingerprint density at radius 2 is 2.18 bits per heavy atom. The molecule has 0 bridgehead atoms. The SMILES string of the molecule is O=C1CCc2cc(-c3cnc(Br)[nH]3)ccc2N1. The van der Waals surface area contributed by atoms with E-state index in [1.165, 1.54) is 5.56 Å². The van der Waals surface area contributed by atoms with Crippen LogP contribution >= 0.6 is 15.9 Å². The summed E-state index contributed by atoms with van der Waals surface area (Å²) >= 11 is 3.29. The van der Waals surface area contributed by atoms with Crippen molar-refractivity contribution in [1.29, 1.82) is 0 Å². The Hall–Kier alpha value is -1.62. The van der Waals surface area contributed by atoms with Crippen molar-refractivity contribution < 1.29 is 4.79 Å². The van der Waals surface area contributed by atoms with Gasteiger partial charge in [-0.1, -0.05) is 6.07 Å². The van der Waals surface area contributed by atoms with Gasteiger partial charge in [-0.3, -0.25) is 4.79 Å². The van der Waals surface area contributed by atoms with Gasteiger partial charge in [-0.05, 0) is 45.6 Å². The average Bonchev–Trinajstić information content (AvgIpc) is 2.75. The van der Waals surface area contributed by atoms with Gasteiger partial charge in [0.25, 0.3) is 0 Å². The molecule has 2 heterocycles. The highest BCUT2D eigenvalue weighted by Gasteiger charge is 2.15. The number of benzene rings is 1. The van der Waals surface area contributed by atoms with Gasteiger partial charge in [0.1, 0.15) is 0 Å². The molecule has 0 saturated heterocycles. The third-order valence-electron chi connectivity index (χ3n) is 2.86. The number of nitrogens with zero attached hydrogens (tertiary/aromatic N) is 1. The lowest BCUT2D eigenvalue weighted by atomic mass is 9.99. The fraction of sp³-hybridized carbons (Fsp3) is 0.167. The minimum Gasteiger partial charge on any atom is -0.333 e. The first-order valence-corrected chi connectivity index (χ1v) is 6.15. The highest BCUT2D eigenvalue weighted by Crippen LogP contribution is 2.28. The van der Waals surface area contributed by atoms with Gasteiger partial charge in [-0.15, -0.1) is 0 Å². The van der Waals surface area contributed by atoms with Crippen molar-refractivity contribution in [2.24, 2.45) is 0 Å². The highest BCUT2D eigenvalue weighted by atomic mass is 79.9. The maximum absolute atomic E-state index is 11.3. The fourth-order valence-electron chi connectivity index (χ4n) is 1.99. The van der Waals surface area contributed by atoms with Crippen LogP contribution in [0.4, 0.5) is 5.69 Å². The number of carbonyl (C=O) groups is 1. The van der Waals surface area contributed by atoms with Crippen molar-refractivity contribution in [1.82, 2.24) is 9.97 Å². The third-order valence-corrected chi connectivity index (χ3v) is 3.26. The summed E-state index contributed by atoms with van der Waals surface area (Å²) in [6.45, 7) is 0. The van der Waals surface area contributed by atoms with Crippen molar-refractivity contribution in [3.05, 3.63) is 34.7 Å². The van der Waals surface area contributed by atoms with Crippen LogP contribution in [0.5, 0.6) is 0 Å². The van der Waals surface area contributed by atoms with E-state index in [0.717, 1.165) is 28.1 Å². The maximum atomic E-state index is 11.3. The van der Waals surface area contributed by atoms with Crippen LogP contribution < -0.4 is 5.32 Å². The number of aryl methyl sites for hydroxylation is 1. The fourth-order valence-corrected chi connectivity index (χ4v) is 2.31. The van der Waals surface area contributed by atoms with Gasteiger partial charge in [-0.25, -0.2) is 4.98 Å². The van der Waals surface area contributed by atoms with Crippen molar-refractivity contribution in [2.75, 3.05) is 5.32 Å². The zero-order chi connectivity index (χ0) is 11.8. The molecule has 1 aromatic carbocycles. The number of hydrogen-bond donors (Lipinski definition) is 2. The minimum atomic E-state index is 0.0922. The van der Waals surface area contributed by atoms with Crippen LogP contribution in [0.3, 0.4) is 0 Å². The van der Waals surface area contributed by atoms with Crippen LogP contribution in [0.15, 0.2) is 29.1 Å². The summed E-state index contributed by atoms with van der Waals surface area (Å²) in [7, 11) is 0. The van der Waals surface area contributed by atoms with Crippen LogP contribution in [0.25, 0.3) is 11.3 Å². The molecule has 86 valence electrons. The number of halogens is 1. The summed E-state index contributed by atoms with van der Waals surface area (Å²) in [4.78, 5) is 18.5. The molecule has 3 rings (SSSR count). The number of nitrogens with one attached hydrogen (secondary N) is 2. The number of aromatic amines is 1. The van der Waals surface area contributed by atoms with Crippen molar-refractivity contribution in [2.45, 2.75) is 12.8 Å². The lowest BCUT2D eigenvalue weighted by Crippen LogP contribution is -2.18. The molecule has 5 heteroatoms. The molecule has 17 heavy (non-hydrogen) atoms. The van der Waals surface area contributed by atoms with E-state index >= 15 is 0 Å². The predicted octanol–water partition coefficient (Wildman–Crippen LogP) is 2.72. The standard InChI is InChI=1S/C12H10BrN3O/c13-12-14-6-10(16-12)8-1-3-9-7(5-8)2-4-11(17)15-9/h1,3,5-6H,2,4H2,(H,14,16)(H,15,17). The lowest BCUT2D eigenvalue weighted by molar-refractivity contribution is -0.116. The van der Waals surface area contributed by atoms with Gasteiger partial charge in [0, 0.05) is 12.1 Å². The molecular weight excluding hydrogens is 282 g/mol. The van der Waals surface area contributed by atoms with E-state index in [0.29, 0.717) is 6.42 Å². The number of rotatable bonds is 1. The molecule has 0 unspecified atom stereocenters. The summed E-state index contributed by atoms with van der Waals surface area (Å²) in [5, 5.41) is 2.87. The Bertz CT molecular complexity index is 591. The molecule has 2 N–H and O–H groups in total. The van der Waals surface area contributed by atoms with E-state index < -0.39 is 0 Å². The summed E-state index contributed by atoms with van der Waals surface area (Å²) in [5.74, 6) is 0.0922. The summed E-state index contributed by atoms with van der Waals surface area (Å²) < 4.78 is 0.721. The molecule has 2 aromatic rings. The number of imidazole rings is 1. The molecule has 0 spiro atoms. The van der Waals surface area contributed by atoms with Crippen LogP contribution in [-0.4, -0.2) is 15.9 Å². The minimum absolute atomic E-state index is 0.0922. The Morgan fingerprint density at radius 1 is 1.29 bits per heavy atom. The predicted molar refractivity (Wildman–Crippen MR) is 68.7 cm³/mol. The first-order chi connectivity index (χ1) is 8.22. The molecule has 1 aliphatic heterocycles. The zero-order valence-electron chi connectivity index (χ0n) is 8.96. The zero-order valence-corrected chi connectivity index (χ0v) is 10.5. The Kier molecular flexibility index (Phi) is 2.48. The third kappa shape index (κ3) is 1.98. The van der Waals surface area contributed by atoms with Gasteiger partial charge >= 0.3 is 0 Å². The largest absolute Gasteiger partial charge is 0.333 e. The summed E-state index contributed by atoms with van der Waals surface area (Å²) in [5.41, 5.74) is 4.14. The monoisotopic (exact) mass is 291 g/mol. The number of hydrogen-bond acceptors (Lipinski definition) is 2. The number of fused-ring (bicyclic) bond motifs is 1. The van der Waals surface area contributed by atoms with E-state index in [4.69, 9.17) is 0 Å². The number of anilines is 1. The number of H-pyrrole nitrogens is 1. The summed E-state index contributed by atoms with van der Waals surface area (Å²) in [6, 6.07) is 6.01. The second kappa shape index (κ2) is 4.00. The maximum Gasteiger partial charge on any atom is 0.224 e. The number of carbonyl (C=O) groups excluding carboxylic acids is 1. The number of amides is 1. The van der Waals surface area contributed by atoms with Crippen molar-refractivity contribution in [3.63, 3.8) is 0 Å². The second-order valence-electron chi connectivity index (χ2n) is 4.01. The molecule has 0 fully saturated rings. The first-order valence-electron chi connectivity index (χ1n) is 5.36. The van der Waals surface area contributed by atoms with Gasteiger partial charge in [-0.2, -0.15) is 0 Å². The van der Waals surface area contributed by atoms with Crippen LogP contribution in [0.2, 0.25) is 0 Å². The Balaban J connectivity index is 2.01. The molecule has 0 saturated carbocycles. The highest BCUT2D eigenvalue weighted by molar-refractivity contribution is 9.10. The van der Waals surface area contributed by atoms with Crippen molar-refractivity contribution >= 4 is 27.5 Å². The normalized spacial score (nSPS) is 14.3. The smallest absolute Gasteiger partial charge is 0.224 e. The quantitative estimate of drug-likeness (QED) is 0.849.